The quantitative estimate of drug-likeness (QED) is 0.902. The Hall–Kier alpha value is -1.46. The predicted octanol–water partition coefficient (Wildman–Crippen LogP) is 2.95. The summed E-state index contributed by atoms with van der Waals surface area (Å²) >= 11 is 1.67. The van der Waals surface area contributed by atoms with Gasteiger partial charge in [-0.3, -0.25) is 4.79 Å². The molecule has 0 spiro atoms. The number of benzene rings is 1. The summed E-state index contributed by atoms with van der Waals surface area (Å²) in [6.45, 7) is 6.43. The van der Waals surface area contributed by atoms with Crippen molar-refractivity contribution in [2.45, 2.75) is 26.7 Å². The van der Waals surface area contributed by atoms with Gasteiger partial charge >= 0.3 is 0 Å². The molecule has 0 aliphatic carbocycles. The van der Waals surface area contributed by atoms with Gasteiger partial charge in [0.25, 0.3) is 0 Å². The highest BCUT2D eigenvalue weighted by molar-refractivity contribution is 7.18. The van der Waals surface area contributed by atoms with Crippen molar-refractivity contribution in [2.24, 2.45) is 11.7 Å². The monoisotopic (exact) mass is 277 g/mol. The van der Waals surface area contributed by atoms with Crippen molar-refractivity contribution in [1.82, 2.24) is 4.98 Å². The van der Waals surface area contributed by atoms with Gasteiger partial charge in [-0.15, -0.1) is 11.3 Å². The Morgan fingerprint density at radius 2 is 2.16 bits per heavy atom. The maximum Gasteiger partial charge on any atom is 0.228 e. The number of amides is 1. The molecular formula is C14H19N3OS. The van der Waals surface area contributed by atoms with Crippen LogP contribution in [0.15, 0.2) is 18.2 Å². The first-order valence-corrected chi connectivity index (χ1v) is 7.24. The van der Waals surface area contributed by atoms with Crippen LogP contribution in [0.2, 0.25) is 0 Å². The van der Waals surface area contributed by atoms with Gasteiger partial charge < -0.3 is 11.1 Å². The molecule has 2 rings (SSSR count). The van der Waals surface area contributed by atoms with Crippen LogP contribution in [-0.4, -0.2) is 17.4 Å². The molecule has 3 N–H and O–H groups in total. The van der Waals surface area contributed by atoms with E-state index in [1.54, 1.807) is 11.3 Å². The zero-order chi connectivity index (χ0) is 14.0. The molecule has 102 valence electrons. The smallest absolute Gasteiger partial charge is 0.228 e. The summed E-state index contributed by atoms with van der Waals surface area (Å²) in [7, 11) is 0. The van der Waals surface area contributed by atoms with Crippen LogP contribution in [0, 0.1) is 5.92 Å². The lowest BCUT2D eigenvalue weighted by molar-refractivity contribution is -0.119. The number of nitrogens with two attached hydrogens (primary N) is 1. The molecule has 0 radical (unpaired) electrons. The molecule has 1 atom stereocenters. The minimum atomic E-state index is -0.177. The van der Waals surface area contributed by atoms with Crippen LogP contribution >= 0.6 is 11.3 Å². The van der Waals surface area contributed by atoms with Gasteiger partial charge in [0.15, 0.2) is 0 Å². The standard InChI is InChI=1S/C14H19N3OS/c1-8(2)14-17-11-5-4-10(6-12(11)19-14)16-13(18)9(3)7-15/h4-6,8-9H,7,15H2,1-3H3,(H,16,18). The molecule has 0 fully saturated rings. The summed E-state index contributed by atoms with van der Waals surface area (Å²) in [5.41, 5.74) is 7.27. The van der Waals surface area contributed by atoms with Crippen molar-refractivity contribution in [1.29, 1.82) is 0 Å². The third-order valence-electron chi connectivity index (χ3n) is 2.97. The maximum absolute atomic E-state index is 11.8. The number of thiazole rings is 1. The predicted molar refractivity (Wildman–Crippen MR) is 80.6 cm³/mol. The van der Waals surface area contributed by atoms with Gasteiger partial charge in [0.05, 0.1) is 15.2 Å². The Morgan fingerprint density at radius 1 is 1.42 bits per heavy atom. The van der Waals surface area contributed by atoms with E-state index in [9.17, 15) is 4.79 Å². The molecule has 0 saturated heterocycles. The number of nitrogens with zero attached hydrogens (tertiary/aromatic N) is 1. The summed E-state index contributed by atoms with van der Waals surface area (Å²) in [4.78, 5) is 16.4. The lowest BCUT2D eigenvalue weighted by atomic mass is 10.1. The van der Waals surface area contributed by atoms with Crippen molar-refractivity contribution < 1.29 is 4.79 Å². The van der Waals surface area contributed by atoms with Crippen LogP contribution in [0.3, 0.4) is 0 Å². The van der Waals surface area contributed by atoms with Crippen LogP contribution in [0.25, 0.3) is 10.2 Å². The molecule has 0 saturated carbocycles. The summed E-state index contributed by atoms with van der Waals surface area (Å²) in [5, 5.41) is 4.00. The lowest BCUT2D eigenvalue weighted by Crippen LogP contribution is -2.26. The molecule has 5 heteroatoms. The minimum Gasteiger partial charge on any atom is -0.330 e. The number of aromatic nitrogens is 1. The Kier molecular flexibility index (Phi) is 4.17. The normalized spacial score (nSPS) is 12.9. The van der Waals surface area contributed by atoms with E-state index in [2.05, 4.69) is 24.1 Å². The molecular weight excluding hydrogens is 258 g/mol. The van der Waals surface area contributed by atoms with Crippen LogP contribution < -0.4 is 11.1 Å². The van der Waals surface area contributed by atoms with Crippen molar-refractivity contribution in [3.8, 4) is 0 Å². The first-order chi connectivity index (χ1) is 9.01. The highest BCUT2D eigenvalue weighted by Gasteiger charge is 2.12. The van der Waals surface area contributed by atoms with E-state index >= 15 is 0 Å². The van der Waals surface area contributed by atoms with Crippen molar-refractivity contribution in [2.75, 3.05) is 11.9 Å². The highest BCUT2D eigenvalue weighted by atomic mass is 32.1. The number of carbonyl (C=O) groups excluding carboxylic acids is 1. The molecule has 1 unspecified atom stereocenters. The Labute approximate surface area is 117 Å². The number of anilines is 1. The van der Waals surface area contributed by atoms with Crippen molar-refractivity contribution in [3.63, 3.8) is 0 Å². The van der Waals surface area contributed by atoms with Gasteiger partial charge in [0.2, 0.25) is 5.91 Å². The van der Waals surface area contributed by atoms with E-state index < -0.39 is 0 Å². The first-order valence-electron chi connectivity index (χ1n) is 6.42. The van der Waals surface area contributed by atoms with Gasteiger partial charge in [-0.05, 0) is 18.2 Å². The Bertz CT molecular complexity index is 591. The van der Waals surface area contributed by atoms with Crippen LogP contribution in [0.4, 0.5) is 5.69 Å². The Balaban J connectivity index is 2.24. The molecule has 1 heterocycles. The Morgan fingerprint density at radius 3 is 2.79 bits per heavy atom. The fourth-order valence-electron chi connectivity index (χ4n) is 1.64. The molecule has 0 aliphatic rings. The number of rotatable bonds is 4. The first kappa shape index (κ1) is 14.0. The zero-order valence-corrected chi connectivity index (χ0v) is 12.3. The van der Waals surface area contributed by atoms with Crippen LogP contribution in [-0.2, 0) is 4.79 Å². The van der Waals surface area contributed by atoms with Crippen molar-refractivity contribution in [3.05, 3.63) is 23.2 Å². The van der Waals surface area contributed by atoms with E-state index in [0.717, 1.165) is 20.9 Å². The summed E-state index contributed by atoms with van der Waals surface area (Å²) < 4.78 is 1.10. The fourth-order valence-corrected chi connectivity index (χ4v) is 2.65. The summed E-state index contributed by atoms with van der Waals surface area (Å²) in [6, 6.07) is 5.80. The SMILES string of the molecule is CC(CN)C(=O)Nc1ccc2nc(C(C)C)sc2c1. The number of fused-ring (bicyclic) bond motifs is 1. The van der Waals surface area contributed by atoms with Gasteiger partial charge in [-0.1, -0.05) is 20.8 Å². The van der Waals surface area contributed by atoms with Gasteiger partial charge in [-0.2, -0.15) is 0 Å². The molecule has 2 aromatic rings. The molecule has 4 nitrogen and oxygen atoms in total. The average Bonchev–Trinajstić information content (AvgIpc) is 2.81. The molecule has 1 amide bonds. The van der Waals surface area contributed by atoms with Gasteiger partial charge in [-0.25, -0.2) is 4.98 Å². The zero-order valence-electron chi connectivity index (χ0n) is 11.4. The summed E-state index contributed by atoms with van der Waals surface area (Å²) in [6.07, 6.45) is 0. The number of carbonyl (C=O) groups is 1. The second-order valence-electron chi connectivity index (χ2n) is 5.02. The average molecular weight is 277 g/mol. The molecule has 0 aliphatic heterocycles. The number of hydrogen-bond acceptors (Lipinski definition) is 4. The third kappa shape index (κ3) is 3.11. The third-order valence-corrected chi connectivity index (χ3v) is 4.29. The van der Waals surface area contributed by atoms with E-state index in [1.807, 2.05) is 25.1 Å². The van der Waals surface area contributed by atoms with Crippen LogP contribution in [0.5, 0.6) is 0 Å². The number of nitrogens with one attached hydrogen (secondary N) is 1. The van der Waals surface area contributed by atoms with E-state index in [-0.39, 0.29) is 11.8 Å². The van der Waals surface area contributed by atoms with Crippen LogP contribution in [0.1, 0.15) is 31.7 Å². The van der Waals surface area contributed by atoms with E-state index in [1.165, 1.54) is 0 Å². The molecule has 19 heavy (non-hydrogen) atoms. The molecule has 1 aromatic carbocycles. The maximum atomic E-state index is 11.8. The van der Waals surface area contributed by atoms with Gasteiger partial charge in [0, 0.05) is 24.1 Å². The molecule has 1 aromatic heterocycles. The largest absolute Gasteiger partial charge is 0.330 e. The highest BCUT2D eigenvalue weighted by Crippen LogP contribution is 2.29. The number of hydrogen-bond donors (Lipinski definition) is 2. The van der Waals surface area contributed by atoms with E-state index in [4.69, 9.17) is 5.73 Å². The minimum absolute atomic E-state index is 0.0459. The second-order valence-corrected chi connectivity index (χ2v) is 6.08. The second kappa shape index (κ2) is 5.67. The lowest BCUT2D eigenvalue weighted by Gasteiger charge is -2.09. The van der Waals surface area contributed by atoms with E-state index in [0.29, 0.717) is 12.5 Å². The van der Waals surface area contributed by atoms with Gasteiger partial charge in [0.1, 0.15) is 0 Å². The summed E-state index contributed by atoms with van der Waals surface area (Å²) in [5.74, 6) is 0.200. The fraction of sp³-hybridized carbons (Fsp3) is 0.429. The molecule has 0 bridgehead atoms. The van der Waals surface area contributed by atoms with Crippen molar-refractivity contribution >= 4 is 33.1 Å². The topological polar surface area (TPSA) is 68.0 Å².